The van der Waals surface area contributed by atoms with Crippen LogP contribution in [0.5, 0.6) is 0 Å². The molecule has 1 amide bonds. The summed E-state index contributed by atoms with van der Waals surface area (Å²) in [4.78, 5) is 27.2. The van der Waals surface area contributed by atoms with E-state index < -0.39 is 0 Å². The summed E-state index contributed by atoms with van der Waals surface area (Å²) < 4.78 is 1.58. The molecule has 1 heterocycles. The van der Waals surface area contributed by atoms with E-state index in [9.17, 15) is 9.59 Å². The highest BCUT2D eigenvalue weighted by molar-refractivity contribution is 8.00. The molecule has 5 nitrogen and oxygen atoms in total. The zero-order valence-electron chi connectivity index (χ0n) is 14.8. The molecule has 2 aromatic rings. The Morgan fingerprint density at radius 2 is 2.00 bits per heavy atom. The van der Waals surface area contributed by atoms with Gasteiger partial charge in [-0.1, -0.05) is 25.4 Å². The van der Waals surface area contributed by atoms with Gasteiger partial charge in [-0.3, -0.25) is 9.59 Å². The van der Waals surface area contributed by atoms with Crippen LogP contribution in [0.15, 0.2) is 34.0 Å². The molecule has 0 aliphatic rings. The lowest BCUT2D eigenvalue weighted by atomic mass is 10.2. The van der Waals surface area contributed by atoms with E-state index >= 15 is 0 Å². The Labute approximate surface area is 157 Å². The fraction of sp³-hybridized carbons (Fsp3) is 0.444. The van der Waals surface area contributed by atoms with E-state index in [-0.39, 0.29) is 17.2 Å². The maximum absolute atomic E-state index is 12.1. The molecule has 136 valence electrons. The Hall–Kier alpha value is -1.50. The third kappa shape index (κ3) is 5.23. The SMILES string of the molecule is CCN(CC)CCNC(=O)CSc1cc(=O)n(C)c2ccc(Cl)cc12. The highest BCUT2D eigenvalue weighted by Crippen LogP contribution is 2.28. The number of nitrogens with zero attached hydrogens (tertiary/aromatic N) is 2. The molecule has 0 spiro atoms. The molecule has 0 fully saturated rings. The molecule has 1 N–H and O–H groups in total. The van der Waals surface area contributed by atoms with Gasteiger partial charge in [0.1, 0.15) is 0 Å². The molecule has 1 aromatic carbocycles. The van der Waals surface area contributed by atoms with Gasteiger partial charge in [-0.25, -0.2) is 0 Å². The van der Waals surface area contributed by atoms with Crippen LogP contribution < -0.4 is 10.9 Å². The fourth-order valence-corrected chi connectivity index (χ4v) is 3.67. The molecule has 1 aromatic heterocycles. The molecule has 0 bridgehead atoms. The van der Waals surface area contributed by atoms with Crippen LogP contribution >= 0.6 is 23.4 Å². The number of thioether (sulfide) groups is 1. The Morgan fingerprint density at radius 3 is 2.68 bits per heavy atom. The standard InChI is InChI=1S/C18H24ClN3O2S/c1-4-22(5-2)9-8-20-17(23)12-25-16-11-18(24)21(3)15-7-6-13(19)10-14(15)16/h6-7,10-11H,4-5,8-9,12H2,1-3H3,(H,20,23). The molecule has 2 rings (SSSR count). The quantitative estimate of drug-likeness (QED) is 0.714. The van der Waals surface area contributed by atoms with Crippen LogP contribution in [0.3, 0.4) is 0 Å². The van der Waals surface area contributed by atoms with Crippen LogP contribution in [-0.2, 0) is 11.8 Å². The fourth-order valence-electron chi connectivity index (χ4n) is 2.61. The smallest absolute Gasteiger partial charge is 0.251 e. The van der Waals surface area contributed by atoms with Crippen LogP contribution in [0.25, 0.3) is 10.9 Å². The number of pyridine rings is 1. The first-order valence-electron chi connectivity index (χ1n) is 8.37. The third-order valence-electron chi connectivity index (χ3n) is 4.17. The van der Waals surface area contributed by atoms with Gasteiger partial charge in [-0.05, 0) is 31.3 Å². The van der Waals surface area contributed by atoms with Crippen molar-refractivity contribution >= 4 is 40.2 Å². The number of carbonyl (C=O) groups excluding carboxylic acids is 1. The summed E-state index contributed by atoms with van der Waals surface area (Å²) in [5.74, 6) is 0.237. The largest absolute Gasteiger partial charge is 0.354 e. The van der Waals surface area contributed by atoms with E-state index in [2.05, 4.69) is 24.1 Å². The molecule has 0 aliphatic carbocycles. The summed E-state index contributed by atoms with van der Waals surface area (Å²) in [6.07, 6.45) is 0. The summed E-state index contributed by atoms with van der Waals surface area (Å²) >= 11 is 7.45. The van der Waals surface area contributed by atoms with Gasteiger partial charge < -0.3 is 14.8 Å². The van der Waals surface area contributed by atoms with Gasteiger partial charge in [0.05, 0.1) is 11.3 Å². The van der Waals surface area contributed by atoms with Gasteiger partial charge in [0.15, 0.2) is 0 Å². The zero-order chi connectivity index (χ0) is 18.4. The maximum atomic E-state index is 12.1. The molecule has 0 unspecified atom stereocenters. The second-order valence-electron chi connectivity index (χ2n) is 5.73. The summed E-state index contributed by atoms with van der Waals surface area (Å²) in [5, 5.41) is 4.42. The van der Waals surface area contributed by atoms with Crippen molar-refractivity contribution in [1.82, 2.24) is 14.8 Å². The number of likely N-dealkylation sites (N-methyl/N-ethyl adjacent to an activating group) is 1. The van der Waals surface area contributed by atoms with Crippen LogP contribution in [0.2, 0.25) is 5.02 Å². The van der Waals surface area contributed by atoms with Crippen molar-refractivity contribution in [2.24, 2.45) is 7.05 Å². The minimum Gasteiger partial charge on any atom is -0.354 e. The van der Waals surface area contributed by atoms with E-state index in [0.29, 0.717) is 11.6 Å². The van der Waals surface area contributed by atoms with Crippen LogP contribution in [0, 0.1) is 0 Å². The van der Waals surface area contributed by atoms with Crippen LogP contribution in [0.4, 0.5) is 0 Å². The predicted octanol–water partition coefficient (Wildman–Crippen LogP) is 2.74. The van der Waals surface area contributed by atoms with Gasteiger partial charge in [0.25, 0.3) is 5.56 Å². The van der Waals surface area contributed by atoms with Crippen molar-refractivity contribution < 1.29 is 4.79 Å². The Kier molecular flexibility index (Phi) is 7.35. The van der Waals surface area contributed by atoms with Crippen molar-refractivity contribution in [3.05, 3.63) is 39.6 Å². The average Bonchev–Trinajstić information content (AvgIpc) is 2.60. The third-order valence-corrected chi connectivity index (χ3v) is 5.46. The molecule has 0 saturated carbocycles. The Bertz CT molecular complexity index is 803. The number of hydrogen-bond donors (Lipinski definition) is 1. The number of fused-ring (bicyclic) bond motifs is 1. The molecule has 0 saturated heterocycles. The van der Waals surface area contributed by atoms with E-state index in [4.69, 9.17) is 11.6 Å². The number of benzene rings is 1. The molecular weight excluding hydrogens is 358 g/mol. The van der Waals surface area contributed by atoms with Crippen molar-refractivity contribution in [2.45, 2.75) is 18.7 Å². The predicted molar refractivity (Wildman–Crippen MR) is 106 cm³/mol. The number of hydrogen-bond acceptors (Lipinski definition) is 4. The van der Waals surface area contributed by atoms with Gasteiger partial charge >= 0.3 is 0 Å². The first-order valence-corrected chi connectivity index (χ1v) is 9.73. The summed E-state index contributed by atoms with van der Waals surface area (Å²) in [5.41, 5.74) is 0.709. The van der Waals surface area contributed by atoms with Crippen molar-refractivity contribution in [3.8, 4) is 0 Å². The number of aryl methyl sites for hydroxylation is 1. The number of rotatable bonds is 8. The topological polar surface area (TPSA) is 54.3 Å². The first-order chi connectivity index (χ1) is 12.0. The van der Waals surface area contributed by atoms with Crippen molar-refractivity contribution in [1.29, 1.82) is 0 Å². The molecule has 0 atom stereocenters. The monoisotopic (exact) mass is 381 g/mol. The number of carbonyl (C=O) groups is 1. The highest BCUT2D eigenvalue weighted by Gasteiger charge is 2.10. The van der Waals surface area contributed by atoms with Gasteiger partial charge in [0, 0.05) is 41.5 Å². The molecule has 0 radical (unpaired) electrons. The minimum absolute atomic E-state index is 0.0342. The van der Waals surface area contributed by atoms with Crippen molar-refractivity contribution in [3.63, 3.8) is 0 Å². The lowest BCUT2D eigenvalue weighted by molar-refractivity contribution is -0.118. The number of halogens is 1. The van der Waals surface area contributed by atoms with Gasteiger partial charge in [0.2, 0.25) is 5.91 Å². The molecule has 7 heteroatoms. The average molecular weight is 382 g/mol. The number of aromatic nitrogens is 1. The summed E-state index contributed by atoms with van der Waals surface area (Å²) in [7, 11) is 1.73. The molecule has 0 aliphatic heterocycles. The van der Waals surface area contributed by atoms with Crippen LogP contribution in [-0.4, -0.2) is 47.3 Å². The normalized spacial score (nSPS) is 11.2. The maximum Gasteiger partial charge on any atom is 0.251 e. The Balaban J connectivity index is 2.03. The molecular formula is C18H24ClN3O2S. The number of nitrogens with one attached hydrogen (secondary N) is 1. The van der Waals surface area contributed by atoms with Gasteiger partial charge in [-0.2, -0.15) is 0 Å². The minimum atomic E-state index is -0.0979. The highest BCUT2D eigenvalue weighted by atomic mass is 35.5. The number of amides is 1. The second kappa shape index (κ2) is 9.27. The zero-order valence-corrected chi connectivity index (χ0v) is 16.4. The molecule has 25 heavy (non-hydrogen) atoms. The van der Waals surface area contributed by atoms with Crippen molar-refractivity contribution in [2.75, 3.05) is 31.9 Å². The first kappa shape index (κ1) is 19.8. The van der Waals surface area contributed by atoms with E-state index in [0.717, 1.165) is 35.4 Å². The summed E-state index contributed by atoms with van der Waals surface area (Å²) in [6.45, 7) is 7.63. The van der Waals surface area contributed by atoms with E-state index in [1.54, 1.807) is 23.7 Å². The van der Waals surface area contributed by atoms with Crippen LogP contribution in [0.1, 0.15) is 13.8 Å². The van der Waals surface area contributed by atoms with E-state index in [1.165, 1.54) is 11.8 Å². The van der Waals surface area contributed by atoms with E-state index in [1.807, 2.05) is 12.1 Å². The second-order valence-corrected chi connectivity index (χ2v) is 7.19. The Morgan fingerprint density at radius 1 is 1.28 bits per heavy atom. The lowest BCUT2D eigenvalue weighted by Crippen LogP contribution is -2.35. The summed E-state index contributed by atoms with van der Waals surface area (Å²) in [6, 6.07) is 6.98. The van der Waals surface area contributed by atoms with Gasteiger partial charge in [-0.15, -0.1) is 11.8 Å². The lowest BCUT2D eigenvalue weighted by Gasteiger charge is -2.18.